The Morgan fingerprint density at radius 3 is 2.27 bits per heavy atom. The molecule has 0 unspecified atom stereocenters. The summed E-state index contributed by atoms with van der Waals surface area (Å²) in [4.78, 5) is 32.7. The van der Waals surface area contributed by atoms with E-state index in [4.69, 9.17) is 27.9 Å². The lowest BCUT2D eigenvalue weighted by atomic mass is 10.2. The maximum absolute atomic E-state index is 12.2. The Balaban J connectivity index is 1.53. The summed E-state index contributed by atoms with van der Waals surface area (Å²) in [6.07, 6.45) is 0. The van der Waals surface area contributed by atoms with E-state index in [-0.39, 0.29) is 29.0 Å². The second-order valence-corrected chi connectivity index (χ2v) is 7.26. The van der Waals surface area contributed by atoms with Gasteiger partial charge in [0.2, 0.25) is 5.91 Å². The van der Waals surface area contributed by atoms with Gasteiger partial charge in [-0.05, 0) is 62.4 Å². The molecule has 0 radical (unpaired) electrons. The van der Waals surface area contributed by atoms with Crippen LogP contribution < -0.4 is 15.4 Å². The third kappa shape index (κ3) is 5.92. The summed E-state index contributed by atoms with van der Waals surface area (Å²) in [5.74, 6) is -0.326. The van der Waals surface area contributed by atoms with Crippen molar-refractivity contribution >= 4 is 40.7 Å². The lowest BCUT2D eigenvalue weighted by Crippen LogP contribution is -2.33. The number of halogens is 2. The Hall–Kier alpha value is -3.16. The first kappa shape index (κ1) is 21.5. The van der Waals surface area contributed by atoms with Crippen LogP contribution in [-0.4, -0.2) is 28.3 Å². The summed E-state index contributed by atoms with van der Waals surface area (Å²) in [6, 6.07) is 13.3. The zero-order chi connectivity index (χ0) is 21.7. The van der Waals surface area contributed by atoms with Gasteiger partial charge in [0, 0.05) is 22.1 Å². The molecule has 1 heterocycles. The zero-order valence-electron chi connectivity index (χ0n) is 16.2. The predicted molar refractivity (Wildman–Crippen MR) is 115 cm³/mol. The van der Waals surface area contributed by atoms with Crippen LogP contribution in [-0.2, 0) is 4.79 Å². The molecule has 3 rings (SSSR count). The van der Waals surface area contributed by atoms with Crippen molar-refractivity contribution in [3.05, 3.63) is 75.5 Å². The SMILES string of the molecule is Cc1cc(C)nc(Oc2ccc(NC(=O)CNC(=O)c3ccc(Cl)cc3Cl)cc2)n1. The molecule has 3 aromatic rings. The van der Waals surface area contributed by atoms with Gasteiger partial charge in [-0.1, -0.05) is 23.2 Å². The fraction of sp³-hybridized carbons (Fsp3) is 0.143. The number of rotatable bonds is 6. The van der Waals surface area contributed by atoms with Gasteiger partial charge in [0.15, 0.2) is 0 Å². The number of anilines is 1. The van der Waals surface area contributed by atoms with E-state index in [9.17, 15) is 9.59 Å². The zero-order valence-corrected chi connectivity index (χ0v) is 17.7. The van der Waals surface area contributed by atoms with Gasteiger partial charge in [-0.3, -0.25) is 9.59 Å². The molecule has 7 nitrogen and oxygen atoms in total. The highest BCUT2D eigenvalue weighted by molar-refractivity contribution is 6.36. The lowest BCUT2D eigenvalue weighted by Gasteiger charge is -2.09. The number of ether oxygens (including phenoxy) is 1. The molecule has 1 aromatic heterocycles. The number of aromatic nitrogens is 2. The highest BCUT2D eigenvalue weighted by Gasteiger charge is 2.12. The van der Waals surface area contributed by atoms with Crippen LogP contribution in [0.1, 0.15) is 21.7 Å². The molecule has 9 heteroatoms. The third-order valence-electron chi connectivity index (χ3n) is 3.89. The van der Waals surface area contributed by atoms with E-state index in [0.29, 0.717) is 16.5 Å². The number of carbonyl (C=O) groups excluding carboxylic acids is 2. The van der Waals surface area contributed by atoms with Crippen molar-refractivity contribution in [2.45, 2.75) is 13.8 Å². The third-order valence-corrected chi connectivity index (χ3v) is 4.44. The van der Waals surface area contributed by atoms with Crippen molar-refractivity contribution in [3.63, 3.8) is 0 Å². The Labute approximate surface area is 183 Å². The molecule has 0 aliphatic carbocycles. The highest BCUT2D eigenvalue weighted by Crippen LogP contribution is 2.22. The van der Waals surface area contributed by atoms with Crippen molar-refractivity contribution in [3.8, 4) is 11.8 Å². The van der Waals surface area contributed by atoms with Crippen LogP contribution in [0.3, 0.4) is 0 Å². The second kappa shape index (κ2) is 9.56. The smallest absolute Gasteiger partial charge is 0.322 e. The minimum absolute atomic E-state index is 0.212. The summed E-state index contributed by atoms with van der Waals surface area (Å²) in [6.45, 7) is 3.51. The van der Waals surface area contributed by atoms with Gasteiger partial charge in [0.1, 0.15) is 5.75 Å². The molecule has 154 valence electrons. The van der Waals surface area contributed by atoms with Crippen LogP contribution >= 0.6 is 23.2 Å². The number of hydrogen-bond donors (Lipinski definition) is 2. The van der Waals surface area contributed by atoms with Gasteiger partial charge in [0.25, 0.3) is 5.91 Å². The van der Waals surface area contributed by atoms with E-state index in [1.165, 1.54) is 12.1 Å². The summed E-state index contributed by atoms with van der Waals surface area (Å²) in [5, 5.41) is 5.84. The van der Waals surface area contributed by atoms with Gasteiger partial charge >= 0.3 is 6.01 Å². The Morgan fingerprint density at radius 1 is 0.967 bits per heavy atom. The molecule has 0 spiro atoms. The number of nitrogens with one attached hydrogen (secondary N) is 2. The maximum Gasteiger partial charge on any atom is 0.322 e. The number of nitrogens with zero attached hydrogens (tertiary/aromatic N) is 2. The molecular formula is C21H18Cl2N4O3. The molecular weight excluding hydrogens is 427 g/mol. The Morgan fingerprint density at radius 2 is 1.63 bits per heavy atom. The van der Waals surface area contributed by atoms with E-state index in [1.54, 1.807) is 30.3 Å². The molecule has 0 fully saturated rings. The van der Waals surface area contributed by atoms with Crippen LogP contribution in [0.15, 0.2) is 48.5 Å². The average Bonchev–Trinajstić information content (AvgIpc) is 2.67. The van der Waals surface area contributed by atoms with E-state index in [1.807, 2.05) is 19.9 Å². The summed E-state index contributed by atoms with van der Waals surface area (Å²) in [5.41, 5.74) is 2.41. The van der Waals surface area contributed by atoms with Gasteiger partial charge < -0.3 is 15.4 Å². The lowest BCUT2D eigenvalue weighted by molar-refractivity contribution is -0.115. The van der Waals surface area contributed by atoms with Crippen molar-refractivity contribution < 1.29 is 14.3 Å². The Kier molecular flexibility index (Phi) is 6.87. The van der Waals surface area contributed by atoms with Gasteiger partial charge in [-0.25, -0.2) is 9.97 Å². The molecule has 2 N–H and O–H groups in total. The largest absolute Gasteiger partial charge is 0.424 e. The van der Waals surface area contributed by atoms with Crippen molar-refractivity contribution in [2.24, 2.45) is 0 Å². The molecule has 0 aliphatic heterocycles. The first-order chi connectivity index (χ1) is 14.3. The van der Waals surface area contributed by atoms with E-state index < -0.39 is 5.91 Å². The average molecular weight is 445 g/mol. The predicted octanol–water partition coefficient (Wildman–Crippen LogP) is 4.56. The van der Waals surface area contributed by atoms with Gasteiger partial charge in [0.05, 0.1) is 17.1 Å². The first-order valence-corrected chi connectivity index (χ1v) is 9.69. The molecule has 0 atom stereocenters. The standard InChI is InChI=1S/C21H18Cl2N4O3/c1-12-9-13(2)26-21(25-12)30-16-6-4-15(5-7-16)27-19(28)11-24-20(29)17-8-3-14(22)10-18(17)23/h3-10H,11H2,1-2H3,(H,24,29)(H,27,28). The summed E-state index contributed by atoms with van der Waals surface area (Å²) < 4.78 is 5.63. The van der Waals surface area contributed by atoms with Crippen LogP contribution in [0.4, 0.5) is 5.69 Å². The monoisotopic (exact) mass is 444 g/mol. The topological polar surface area (TPSA) is 93.2 Å². The van der Waals surface area contributed by atoms with E-state index in [0.717, 1.165) is 11.4 Å². The maximum atomic E-state index is 12.2. The van der Waals surface area contributed by atoms with Crippen LogP contribution in [0.25, 0.3) is 0 Å². The quantitative estimate of drug-likeness (QED) is 0.580. The fourth-order valence-electron chi connectivity index (χ4n) is 2.59. The second-order valence-electron chi connectivity index (χ2n) is 6.41. The van der Waals surface area contributed by atoms with Crippen LogP contribution in [0, 0.1) is 13.8 Å². The molecule has 0 saturated carbocycles. The molecule has 0 aliphatic rings. The van der Waals surface area contributed by atoms with E-state index in [2.05, 4.69) is 20.6 Å². The number of aryl methyl sites for hydroxylation is 2. The molecule has 30 heavy (non-hydrogen) atoms. The number of amides is 2. The number of carbonyl (C=O) groups is 2. The first-order valence-electron chi connectivity index (χ1n) is 8.93. The van der Waals surface area contributed by atoms with E-state index >= 15 is 0 Å². The van der Waals surface area contributed by atoms with Crippen molar-refractivity contribution in [1.29, 1.82) is 0 Å². The van der Waals surface area contributed by atoms with Crippen molar-refractivity contribution in [1.82, 2.24) is 15.3 Å². The number of hydrogen-bond acceptors (Lipinski definition) is 5. The summed E-state index contributed by atoms with van der Waals surface area (Å²) >= 11 is 11.8. The number of benzene rings is 2. The fourth-order valence-corrected chi connectivity index (χ4v) is 3.08. The molecule has 0 bridgehead atoms. The molecule has 2 amide bonds. The van der Waals surface area contributed by atoms with Gasteiger partial charge in [-0.15, -0.1) is 0 Å². The minimum Gasteiger partial charge on any atom is -0.424 e. The minimum atomic E-state index is -0.469. The van der Waals surface area contributed by atoms with Crippen LogP contribution in [0.5, 0.6) is 11.8 Å². The van der Waals surface area contributed by atoms with Crippen molar-refractivity contribution in [2.75, 3.05) is 11.9 Å². The molecule has 0 saturated heterocycles. The highest BCUT2D eigenvalue weighted by atomic mass is 35.5. The Bertz CT molecular complexity index is 1070. The summed E-state index contributed by atoms with van der Waals surface area (Å²) in [7, 11) is 0. The normalized spacial score (nSPS) is 10.4. The van der Waals surface area contributed by atoms with Gasteiger partial charge in [-0.2, -0.15) is 0 Å². The van der Waals surface area contributed by atoms with Crippen LogP contribution in [0.2, 0.25) is 10.0 Å². The molecule has 2 aromatic carbocycles.